The zero-order chi connectivity index (χ0) is 16.0. The third kappa shape index (κ3) is 3.91. The van der Waals surface area contributed by atoms with Crippen LogP contribution in [-0.4, -0.2) is 38.4 Å². The van der Waals surface area contributed by atoms with Crippen molar-refractivity contribution in [2.75, 3.05) is 27.4 Å². The molecule has 1 aromatic carbocycles. The molecule has 2 rings (SSSR count). The number of benzene rings is 1. The summed E-state index contributed by atoms with van der Waals surface area (Å²) in [5.74, 6) is 1.29. The molecule has 0 spiro atoms. The van der Waals surface area contributed by atoms with Gasteiger partial charge in [-0.05, 0) is 18.9 Å². The van der Waals surface area contributed by atoms with E-state index in [2.05, 4.69) is 5.32 Å². The van der Waals surface area contributed by atoms with Crippen molar-refractivity contribution >= 4 is 5.91 Å². The first kappa shape index (κ1) is 16.6. The van der Waals surface area contributed by atoms with Crippen molar-refractivity contribution in [3.63, 3.8) is 0 Å². The number of rotatable bonds is 7. The predicted octanol–water partition coefficient (Wildman–Crippen LogP) is 1.92. The average molecular weight is 307 g/mol. The minimum absolute atomic E-state index is 0.0526. The minimum Gasteiger partial charge on any atom is -0.497 e. The molecule has 122 valence electrons. The molecule has 1 saturated carbocycles. The van der Waals surface area contributed by atoms with Gasteiger partial charge in [0, 0.05) is 23.6 Å². The van der Waals surface area contributed by atoms with Crippen molar-refractivity contribution in [3.05, 3.63) is 23.8 Å². The van der Waals surface area contributed by atoms with Gasteiger partial charge in [-0.2, -0.15) is 0 Å². The van der Waals surface area contributed by atoms with Crippen LogP contribution in [0.4, 0.5) is 0 Å². The Labute approximate surface area is 131 Å². The third-order valence-corrected chi connectivity index (χ3v) is 4.51. The fourth-order valence-electron chi connectivity index (χ4n) is 3.04. The molecule has 5 nitrogen and oxygen atoms in total. The van der Waals surface area contributed by atoms with Gasteiger partial charge in [-0.3, -0.25) is 4.79 Å². The molecule has 0 aromatic heterocycles. The molecule has 0 saturated heterocycles. The molecule has 0 bridgehead atoms. The number of carbonyl (C=O) groups is 1. The van der Waals surface area contributed by atoms with Crippen molar-refractivity contribution in [2.45, 2.75) is 32.1 Å². The maximum absolute atomic E-state index is 12.2. The molecule has 0 unspecified atom stereocenters. The highest BCUT2D eigenvalue weighted by atomic mass is 16.5. The molecule has 0 radical (unpaired) electrons. The summed E-state index contributed by atoms with van der Waals surface area (Å²) in [6.45, 7) is 0.680. The van der Waals surface area contributed by atoms with Crippen molar-refractivity contribution in [3.8, 4) is 11.5 Å². The molecule has 5 heteroatoms. The van der Waals surface area contributed by atoms with Gasteiger partial charge in [-0.1, -0.05) is 18.9 Å². The Morgan fingerprint density at radius 2 is 2.00 bits per heavy atom. The van der Waals surface area contributed by atoms with Gasteiger partial charge in [0.1, 0.15) is 11.5 Å². The van der Waals surface area contributed by atoms with Gasteiger partial charge in [0.15, 0.2) is 0 Å². The number of hydrogen-bond donors (Lipinski definition) is 2. The highest BCUT2D eigenvalue weighted by molar-refractivity contribution is 5.79. The van der Waals surface area contributed by atoms with Crippen molar-refractivity contribution in [2.24, 2.45) is 5.41 Å². The summed E-state index contributed by atoms with van der Waals surface area (Å²) in [7, 11) is 3.17. The lowest BCUT2D eigenvalue weighted by Crippen LogP contribution is -2.38. The van der Waals surface area contributed by atoms with Crippen LogP contribution in [0.1, 0.15) is 31.2 Å². The Balaban J connectivity index is 1.94. The SMILES string of the molecule is COc1ccc(CC(=O)NCC2(CO)CCCC2)c(OC)c1. The lowest BCUT2D eigenvalue weighted by molar-refractivity contribution is -0.121. The average Bonchev–Trinajstić information content (AvgIpc) is 3.03. The first-order chi connectivity index (χ1) is 10.6. The van der Waals surface area contributed by atoms with E-state index in [1.807, 2.05) is 12.1 Å². The van der Waals surface area contributed by atoms with Crippen molar-refractivity contribution in [1.82, 2.24) is 5.32 Å². The van der Waals surface area contributed by atoms with Crippen LogP contribution in [0.3, 0.4) is 0 Å². The number of ether oxygens (including phenoxy) is 2. The standard InChI is InChI=1S/C17H25NO4/c1-21-14-6-5-13(15(10-14)22-2)9-16(20)18-11-17(12-19)7-3-4-8-17/h5-6,10,19H,3-4,7-9,11-12H2,1-2H3,(H,18,20). The summed E-state index contributed by atoms with van der Waals surface area (Å²) in [6, 6.07) is 5.43. The number of nitrogens with one attached hydrogen (secondary N) is 1. The summed E-state index contributed by atoms with van der Waals surface area (Å²) in [5.41, 5.74) is 0.699. The molecule has 2 N–H and O–H groups in total. The van der Waals surface area contributed by atoms with E-state index in [0.29, 0.717) is 18.0 Å². The minimum atomic E-state index is -0.125. The van der Waals surface area contributed by atoms with E-state index < -0.39 is 0 Å². The lowest BCUT2D eigenvalue weighted by atomic mass is 9.87. The second kappa shape index (κ2) is 7.49. The van der Waals surface area contributed by atoms with Gasteiger partial charge >= 0.3 is 0 Å². The normalized spacial score (nSPS) is 16.3. The summed E-state index contributed by atoms with van der Waals surface area (Å²) >= 11 is 0. The Morgan fingerprint density at radius 3 is 2.59 bits per heavy atom. The van der Waals surface area contributed by atoms with Crippen LogP contribution in [0.2, 0.25) is 0 Å². The van der Waals surface area contributed by atoms with E-state index in [1.165, 1.54) is 0 Å². The molecule has 1 amide bonds. The molecule has 1 fully saturated rings. The van der Waals surface area contributed by atoms with Crippen LogP contribution in [0, 0.1) is 5.41 Å². The smallest absolute Gasteiger partial charge is 0.224 e. The van der Waals surface area contributed by atoms with E-state index >= 15 is 0 Å². The van der Waals surface area contributed by atoms with E-state index in [-0.39, 0.29) is 24.3 Å². The topological polar surface area (TPSA) is 67.8 Å². The Bertz CT molecular complexity index is 509. The van der Waals surface area contributed by atoms with Crippen LogP contribution >= 0.6 is 0 Å². The first-order valence-corrected chi connectivity index (χ1v) is 7.71. The predicted molar refractivity (Wildman–Crippen MR) is 84.2 cm³/mol. The third-order valence-electron chi connectivity index (χ3n) is 4.51. The Morgan fingerprint density at radius 1 is 1.27 bits per heavy atom. The second-order valence-corrected chi connectivity index (χ2v) is 6.00. The summed E-state index contributed by atoms with van der Waals surface area (Å²) in [5, 5.41) is 12.5. The maximum Gasteiger partial charge on any atom is 0.224 e. The zero-order valence-electron chi connectivity index (χ0n) is 13.4. The van der Waals surface area contributed by atoms with Crippen molar-refractivity contribution in [1.29, 1.82) is 0 Å². The van der Waals surface area contributed by atoms with Crippen molar-refractivity contribution < 1.29 is 19.4 Å². The highest BCUT2D eigenvalue weighted by Crippen LogP contribution is 2.36. The lowest BCUT2D eigenvalue weighted by Gasteiger charge is -2.26. The summed E-state index contributed by atoms with van der Waals surface area (Å²) in [6.07, 6.45) is 4.48. The van der Waals surface area contributed by atoms with Gasteiger partial charge < -0.3 is 19.9 Å². The Kier molecular flexibility index (Phi) is 5.66. The first-order valence-electron chi connectivity index (χ1n) is 7.71. The second-order valence-electron chi connectivity index (χ2n) is 6.00. The van der Waals surface area contributed by atoms with Gasteiger partial charge in [0.2, 0.25) is 5.91 Å². The molecule has 0 heterocycles. The van der Waals surface area contributed by atoms with E-state index in [1.54, 1.807) is 20.3 Å². The highest BCUT2D eigenvalue weighted by Gasteiger charge is 2.33. The van der Waals surface area contributed by atoms with Crippen LogP contribution < -0.4 is 14.8 Å². The number of methoxy groups -OCH3 is 2. The Hall–Kier alpha value is -1.75. The van der Waals surface area contributed by atoms with Gasteiger partial charge in [-0.15, -0.1) is 0 Å². The van der Waals surface area contributed by atoms with Crippen LogP contribution in [0.15, 0.2) is 18.2 Å². The molecule has 1 aliphatic carbocycles. The fraction of sp³-hybridized carbons (Fsp3) is 0.588. The molecule has 1 aromatic rings. The fourth-order valence-corrected chi connectivity index (χ4v) is 3.04. The molecule has 0 aliphatic heterocycles. The number of aliphatic hydroxyl groups is 1. The van der Waals surface area contributed by atoms with Gasteiger partial charge in [-0.25, -0.2) is 0 Å². The summed E-state index contributed by atoms with van der Waals surface area (Å²) < 4.78 is 10.5. The van der Waals surface area contributed by atoms with E-state index in [0.717, 1.165) is 31.2 Å². The van der Waals surface area contributed by atoms with Gasteiger partial charge in [0.25, 0.3) is 0 Å². The largest absolute Gasteiger partial charge is 0.497 e. The molecular weight excluding hydrogens is 282 g/mol. The number of carbonyl (C=O) groups excluding carboxylic acids is 1. The van der Waals surface area contributed by atoms with Crippen LogP contribution in [0.25, 0.3) is 0 Å². The van der Waals surface area contributed by atoms with Gasteiger partial charge in [0.05, 0.1) is 27.2 Å². The number of aliphatic hydroxyl groups excluding tert-OH is 1. The van der Waals surface area contributed by atoms with E-state index in [4.69, 9.17) is 9.47 Å². The van der Waals surface area contributed by atoms with E-state index in [9.17, 15) is 9.90 Å². The number of amides is 1. The van der Waals surface area contributed by atoms with Crippen LogP contribution in [0.5, 0.6) is 11.5 Å². The molecule has 0 atom stereocenters. The van der Waals surface area contributed by atoms with Crippen LogP contribution in [-0.2, 0) is 11.2 Å². The molecular formula is C17H25NO4. The summed E-state index contributed by atoms with van der Waals surface area (Å²) in [4.78, 5) is 12.2. The number of hydrogen-bond acceptors (Lipinski definition) is 4. The monoisotopic (exact) mass is 307 g/mol. The quantitative estimate of drug-likeness (QED) is 0.807. The zero-order valence-corrected chi connectivity index (χ0v) is 13.4. The maximum atomic E-state index is 12.2. The molecule has 1 aliphatic rings. The molecule has 22 heavy (non-hydrogen) atoms.